The zero-order chi connectivity index (χ0) is 6.41. The molecule has 0 heterocycles. The van der Waals surface area contributed by atoms with Gasteiger partial charge >= 0.3 is 0 Å². The first-order valence-corrected chi connectivity index (χ1v) is 5.78. The molecule has 0 aromatic heterocycles. The van der Waals surface area contributed by atoms with Crippen molar-refractivity contribution in [3.05, 3.63) is 23.1 Å². The van der Waals surface area contributed by atoms with Crippen LogP contribution in [0.25, 0.3) is 0 Å². The Kier molecular flexibility index (Phi) is 6.09. The van der Waals surface area contributed by atoms with E-state index < -0.39 is 0 Å². The molecular weight excluding hydrogens is 231 g/mol. The molecule has 0 unspecified atom stereocenters. The summed E-state index contributed by atoms with van der Waals surface area (Å²) >= 11 is 2.27. The molecule has 46 valence electrons. The van der Waals surface area contributed by atoms with Gasteiger partial charge in [0, 0.05) is 26.1 Å². The molecular formula is C6H9IS. The highest BCUT2D eigenvalue weighted by atomic mass is 127. The minimum absolute atomic E-state index is 1.31. The lowest BCUT2D eigenvalue weighted by atomic mass is 10.4. The maximum Gasteiger partial charge on any atom is 0.0132 e. The van der Waals surface area contributed by atoms with Crippen LogP contribution < -0.4 is 0 Å². The third-order valence-corrected chi connectivity index (χ3v) is 2.78. The van der Waals surface area contributed by atoms with Gasteiger partial charge in [0.05, 0.1) is 0 Å². The van der Waals surface area contributed by atoms with Gasteiger partial charge in [-0.05, 0) is 13.8 Å². The second kappa shape index (κ2) is 5.69. The zero-order valence-electron chi connectivity index (χ0n) is 5.02. The number of halogens is 1. The largest absolute Gasteiger partial charge is 0.0865 e. The fourth-order valence-corrected chi connectivity index (χ4v) is 1.81. The molecule has 0 aromatic carbocycles. The normalized spacial score (nSPS) is 13.1. The Morgan fingerprint density at radius 2 is 2.12 bits per heavy atom. The summed E-state index contributed by atoms with van der Waals surface area (Å²) in [6.45, 7) is 4.07. The standard InChI is InChI=1S/C6H9IS/c1-3-5-6(4-2)8-7/h3-5H,1-2H3/b5-3-,6-4+. The van der Waals surface area contributed by atoms with Crippen LogP contribution in [-0.2, 0) is 0 Å². The minimum Gasteiger partial charge on any atom is -0.0865 e. The Labute approximate surface area is 67.0 Å². The molecule has 0 saturated carbocycles. The summed E-state index contributed by atoms with van der Waals surface area (Å²) in [5.41, 5.74) is 0. The van der Waals surface area contributed by atoms with E-state index in [4.69, 9.17) is 0 Å². The first-order valence-electron chi connectivity index (χ1n) is 2.42. The molecule has 0 aromatic rings. The number of allylic oxidation sites excluding steroid dienone is 3. The monoisotopic (exact) mass is 240 g/mol. The average Bonchev–Trinajstić information content (AvgIpc) is 1.83. The van der Waals surface area contributed by atoms with E-state index in [2.05, 4.69) is 33.4 Å². The summed E-state index contributed by atoms with van der Waals surface area (Å²) < 4.78 is 0. The number of hydrogen-bond acceptors (Lipinski definition) is 1. The van der Waals surface area contributed by atoms with E-state index in [0.717, 1.165) is 0 Å². The van der Waals surface area contributed by atoms with Crippen molar-refractivity contribution in [2.75, 3.05) is 0 Å². The highest BCUT2D eigenvalue weighted by molar-refractivity contribution is 14.2. The van der Waals surface area contributed by atoms with Crippen LogP contribution in [-0.4, -0.2) is 0 Å². The Hall–Kier alpha value is 0.560. The molecule has 0 radical (unpaired) electrons. The van der Waals surface area contributed by atoms with Crippen molar-refractivity contribution in [1.29, 1.82) is 0 Å². The first kappa shape index (κ1) is 8.56. The van der Waals surface area contributed by atoms with Gasteiger partial charge in [-0.3, -0.25) is 0 Å². The Morgan fingerprint density at radius 1 is 1.50 bits per heavy atom. The lowest BCUT2D eigenvalue weighted by molar-refractivity contribution is 1.66. The van der Waals surface area contributed by atoms with Crippen molar-refractivity contribution in [2.45, 2.75) is 13.8 Å². The van der Waals surface area contributed by atoms with Gasteiger partial charge in [0.25, 0.3) is 0 Å². The van der Waals surface area contributed by atoms with Gasteiger partial charge in [0.1, 0.15) is 0 Å². The van der Waals surface area contributed by atoms with Gasteiger partial charge in [-0.15, -0.1) is 0 Å². The van der Waals surface area contributed by atoms with E-state index in [1.807, 2.05) is 19.9 Å². The fraction of sp³-hybridized carbons (Fsp3) is 0.333. The lowest BCUT2D eigenvalue weighted by Crippen LogP contribution is -1.58. The summed E-state index contributed by atoms with van der Waals surface area (Å²) in [7, 11) is 1.74. The maximum absolute atomic E-state index is 2.27. The van der Waals surface area contributed by atoms with Gasteiger partial charge in [-0.1, -0.05) is 27.2 Å². The lowest BCUT2D eigenvalue weighted by Gasteiger charge is -1.87. The van der Waals surface area contributed by atoms with Crippen molar-refractivity contribution in [3.63, 3.8) is 0 Å². The number of rotatable bonds is 2. The molecule has 0 fully saturated rings. The quantitative estimate of drug-likeness (QED) is 0.525. The van der Waals surface area contributed by atoms with Crippen LogP contribution in [0.4, 0.5) is 0 Å². The van der Waals surface area contributed by atoms with Gasteiger partial charge in [-0.25, -0.2) is 0 Å². The highest BCUT2D eigenvalue weighted by Gasteiger charge is 1.82. The van der Waals surface area contributed by atoms with E-state index in [1.54, 1.807) is 8.93 Å². The third-order valence-electron chi connectivity index (χ3n) is 0.705. The van der Waals surface area contributed by atoms with E-state index in [-0.39, 0.29) is 0 Å². The van der Waals surface area contributed by atoms with Crippen molar-refractivity contribution in [2.24, 2.45) is 0 Å². The average molecular weight is 240 g/mol. The topological polar surface area (TPSA) is 0 Å². The van der Waals surface area contributed by atoms with Crippen molar-refractivity contribution < 1.29 is 0 Å². The summed E-state index contributed by atoms with van der Waals surface area (Å²) in [5.74, 6) is 0. The van der Waals surface area contributed by atoms with E-state index >= 15 is 0 Å². The van der Waals surface area contributed by atoms with Crippen LogP contribution in [0.1, 0.15) is 13.8 Å². The van der Waals surface area contributed by atoms with Gasteiger partial charge in [0.15, 0.2) is 0 Å². The highest BCUT2D eigenvalue weighted by Crippen LogP contribution is 2.23. The summed E-state index contributed by atoms with van der Waals surface area (Å²) in [4.78, 5) is 1.31. The van der Waals surface area contributed by atoms with Crippen LogP contribution in [0, 0.1) is 0 Å². The van der Waals surface area contributed by atoms with Gasteiger partial charge in [-0.2, -0.15) is 0 Å². The van der Waals surface area contributed by atoms with Crippen molar-refractivity contribution >= 4 is 30.1 Å². The van der Waals surface area contributed by atoms with Gasteiger partial charge in [0.2, 0.25) is 0 Å². The molecule has 0 nitrogen and oxygen atoms in total. The molecule has 0 aliphatic rings. The smallest absolute Gasteiger partial charge is 0.0132 e. The van der Waals surface area contributed by atoms with Crippen LogP contribution in [0.3, 0.4) is 0 Å². The molecule has 0 N–H and O–H groups in total. The predicted octanol–water partition coefficient (Wildman–Crippen LogP) is 3.55. The maximum atomic E-state index is 2.27. The molecule has 0 atom stereocenters. The second-order valence-corrected chi connectivity index (χ2v) is 3.22. The Morgan fingerprint density at radius 3 is 2.25 bits per heavy atom. The summed E-state index contributed by atoms with van der Waals surface area (Å²) in [5, 5.41) is 0. The molecule has 0 bridgehead atoms. The van der Waals surface area contributed by atoms with Crippen LogP contribution >= 0.6 is 30.1 Å². The molecule has 0 aliphatic heterocycles. The summed E-state index contributed by atoms with van der Waals surface area (Å²) in [6, 6.07) is 0. The van der Waals surface area contributed by atoms with Crippen molar-refractivity contribution in [3.8, 4) is 0 Å². The van der Waals surface area contributed by atoms with E-state index in [0.29, 0.717) is 0 Å². The summed E-state index contributed by atoms with van der Waals surface area (Å²) in [6.07, 6.45) is 6.23. The molecule has 0 aliphatic carbocycles. The van der Waals surface area contributed by atoms with Crippen LogP contribution in [0.15, 0.2) is 23.1 Å². The molecule has 0 spiro atoms. The molecule has 8 heavy (non-hydrogen) atoms. The van der Waals surface area contributed by atoms with Crippen LogP contribution in [0.5, 0.6) is 0 Å². The van der Waals surface area contributed by atoms with Crippen LogP contribution in [0.2, 0.25) is 0 Å². The zero-order valence-corrected chi connectivity index (χ0v) is 7.99. The van der Waals surface area contributed by atoms with E-state index in [1.165, 1.54) is 4.91 Å². The number of hydrogen-bond donors (Lipinski definition) is 0. The minimum atomic E-state index is 1.31. The predicted molar refractivity (Wildman–Crippen MR) is 50.2 cm³/mol. The molecule has 0 rings (SSSR count). The third kappa shape index (κ3) is 3.55. The SMILES string of the molecule is C/C=C\C(=C/C)SI. The Balaban J connectivity index is 3.72. The molecule has 0 amide bonds. The van der Waals surface area contributed by atoms with E-state index in [9.17, 15) is 0 Å². The first-order chi connectivity index (χ1) is 3.85. The van der Waals surface area contributed by atoms with Crippen molar-refractivity contribution in [1.82, 2.24) is 0 Å². The molecule has 2 heteroatoms. The Bertz CT molecular complexity index is 102. The fourth-order valence-electron chi connectivity index (χ4n) is 0.331. The second-order valence-electron chi connectivity index (χ2n) is 1.27. The molecule has 0 saturated heterocycles. The van der Waals surface area contributed by atoms with Gasteiger partial charge < -0.3 is 0 Å².